The van der Waals surface area contributed by atoms with Gasteiger partial charge in [0.1, 0.15) is 30.2 Å². The van der Waals surface area contributed by atoms with Crippen LogP contribution in [0.3, 0.4) is 0 Å². The average Bonchev–Trinajstić information content (AvgIpc) is 3.21. The van der Waals surface area contributed by atoms with E-state index in [0.29, 0.717) is 0 Å². The number of hydrogen-bond donors (Lipinski definition) is 8. The van der Waals surface area contributed by atoms with E-state index in [2.05, 4.69) is 23.8 Å². The van der Waals surface area contributed by atoms with Gasteiger partial charge in [-0.25, -0.2) is 23.8 Å². The number of hydrogen-bond acceptors (Lipinski definition) is 13. The van der Waals surface area contributed by atoms with Crippen molar-refractivity contribution in [1.29, 1.82) is 0 Å². The van der Waals surface area contributed by atoms with Gasteiger partial charge in [-0.15, -0.1) is 0 Å². The summed E-state index contributed by atoms with van der Waals surface area (Å²) in [5, 5.41) is 26.4. The fraction of sp³-hybridized carbons (Fsp3) is 0.583. The number of fused-ring (bicyclic) bond motifs is 1. The van der Waals surface area contributed by atoms with E-state index in [0.717, 1.165) is 6.33 Å². The van der Waals surface area contributed by atoms with Crippen molar-refractivity contribution in [3.63, 3.8) is 0 Å². The predicted octanol–water partition coefficient (Wildman–Crippen LogP) is -1.81. The monoisotopic (exact) mass is 535 g/mol. The Hall–Kier alpha value is -1.36. The maximum Gasteiger partial charge on any atom is 0.479 e. The van der Waals surface area contributed by atoms with Crippen LogP contribution in [0.5, 0.6) is 0 Å². The molecule has 0 aliphatic carbocycles. The Labute approximate surface area is 183 Å². The third-order valence-electron chi connectivity index (χ3n) is 4.70. The molecule has 0 bridgehead atoms. The minimum atomic E-state index is -5.85. The molecule has 2 aromatic heterocycles. The predicted molar refractivity (Wildman–Crippen MR) is 105 cm³/mol. The quantitative estimate of drug-likeness (QED) is 0.173. The highest BCUT2D eigenvalue weighted by molar-refractivity contribution is 7.75. The summed E-state index contributed by atoms with van der Waals surface area (Å²) in [6.07, 6.45) is -3.83. The Balaban J connectivity index is 1.72. The standard InChI is InChI=1S/C12H20N5O13P3/c1-12(20,31(21,22)23)32(24,25)30-33(26,27)28-2-5-7(18)8(19)11(29-5)17-4-16-6-9(13)14-3-15-10(6)17/h3-5,7-8,11,18-20H,2H2,1H3,(H,24,25)(H,26,27)(H2,13,14,15)(H2,21,22,23)/t5-,7-,8-,11-,12?/m1/s1. The Morgan fingerprint density at radius 3 is 2.39 bits per heavy atom. The maximum atomic E-state index is 12.0. The second kappa shape index (κ2) is 8.70. The summed E-state index contributed by atoms with van der Waals surface area (Å²) in [7, 11) is -17.1. The second-order valence-corrected chi connectivity index (χ2v) is 13.1. The van der Waals surface area contributed by atoms with Gasteiger partial charge in [0.15, 0.2) is 17.7 Å². The first-order chi connectivity index (χ1) is 15.0. The lowest BCUT2D eigenvalue weighted by Crippen LogP contribution is -2.33. The molecule has 186 valence electrons. The van der Waals surface area contributed by atoms with Crippen molar-refractivity contribution < 1.29 is 62.2 Å². The number of nitrogen functional groups attached to an aromatic ring is 1. The molecule has 1 saturated heterocycles. The molecule has 3 unspecified atom stereocenters. The van der Waals surface area contributed by atoms with Crippen molar-refractivity contribution in [2.45, 2.75) is 36.5 Å². The summed E-state index contributed by atoms with van der Waals surface area (Å²) >= 11 is 0. The molecule has 0 amide bonds. The van der Waals surface area contributed by atoms with Crippen molar-refractivity contribution in [3.8, 4) is 0 Å². The van der Waals surface area contributed by atoms with Crippen molar-refractivity contribution in [2.24, 2.45) is 0 Å². The number of anilines is 1. The zero-order valence-corrected chi connectivity index (χ0v) is 19.1. The molecule has 0 aromatic carbocycles. The Morgan fingerprint density at radius 1 is 1.15 bits per heavy atom. The van der Waals surface area contributed by atoms with Gasteiger partial charge in [-0.2, -0.15) is 0 Å². The van der Waals surface area contributed by atoms with Crippen LogP contribution in [0.4, 0.5) is 5.82 Å². The molecule has 0 radical (unpaired) electrons. The summed E-state index contributed by atoms with van der Waals surface area (Å²) in [6.45, 7) is -0.768. The summed E-state index contributed by atoms with van der Waals surface area (Å²) in [5.74, 6) is 0.0321. The van der Waals surface area contributed by atoms with E-state index in [1.807, 2.05) is 0 Å². The number of nitrogens with zero attached hydrogens (tertiary/aromatic N) is 4. The Morgan fingerprint density at radius 2 is 1.79 bits per heavy atom. The number of phosphoric acid groups is 1. The van der Waals surface area contributed by atoms with E-state index in [1.54, 1.807) is 0 Å². The smallest absolute Gasteiger partial charge is 0.387 e. The molecule has 3 rings (SSSR count). The lowest BCUT2D eigenvalue weighted by atomic mass is 10.1. The number of aromatic nitrogens is 4. The Bertz CT molecular complexity index is 1180. The molecule has 9 N–H and O–H groups in total. The zero-order valence-electron chi connectivity index (χ0n) is 16.5. The van der Waals surface area contributed by atoms with Crippen LogP contribution in [0, 0.1) is 0 Å². The van der Waals surface area contributed by atoms with E-state index in [9.17, 15) is 38.8 Å². The topological polar surface area (TPSA) is 290 Å². The van der Waals surface area contributed by atoms with Crippen LogP contribution >= 0.6 is 23.0 Å². The summed E-state index contributed by atoms with van der Waals surface area (Å²) in [6, 6.07) is 0. The summed E-state index contributed by atoms with van der Waals surface area (Å²) in [5.41, 5.74) is 5.99. The van der Waals surface area contributed by atoms with E-state index in [1.165, 1.54) is 10.9 Å². The minimum Gasteiger partial charge on any atom is -0.387 e. The van der Waals surface area contributed by atoms with Gasteiger partial charge < -0.3 is 45.4 Å². The zero-order chi connectivity index (χ0) is 25.0. The highest BCUT2D eigenvalue weighted by atomic mass is 31.3. The molecule has 1 aliphatic rings. The molecule has 21 heteroatoms. The van der Waals surface area contributed by atoms with E-state index < -0.39 is 59.2 Å². The Kier molecular flexibility index (Phi) is 6.92. The van der Waals surface area contributed by atoms with Gasteiger partial charge in [0.2, 0.25) is 0 Å². The molecule has 33 heavy (non-hydrogen) atoms. The highest BCUT2D eigenvalue weighted by Crippen LogP contribution is 2.74. The number of ether oxygens (including phenoxy) is 1. The van der Waals surface area contributed by atoms with Gasteiger partial charge in [-0.1, -0.05) is 0 Å². The summed E-state index contributed by atoms with van der Waals surface area (Å²) in [4.78, 5) is 49.0. The average molecular weight is 535 g/mol. The third kappa shape index (κ3) is 4.90. The van der Waals surface area contributed by atoms with Crippen molar-refractivity contribution in [3.05, 3.63) is 12.7 Å². The van der Waals surface area contributed by atoms with Crippen LogP contribution in [0.25, 0.3) is 11.2 Å². The number of imidazole rings is 1. The van der Waals surface area contributed by atoms with Crippen LogP contribution in [-0.4, -0.2) is 84.4 Å². The van der Waals surface area contributed by atoms with Gasteiger partial charge >= 0.3 is 23.0 Å². The first-order valence-corrected chi connectivity index (χ1v) is 13.4. The number of nitrogens with two attached hydrogens (primary N) is 1. The van der Waals surface area contributed by atoms with Gasteiger partial charge in [0.25, 0.3) is 5.08 Å². The molecule has 7 atom stereocenters. The SMILES string of the molecule is CC(O)(P(=O)(O)O)P(=O)(O)OP(=O)(O)OC[C@H]1O[C@@H](n2cnc3c(N)ncnc32)[C@H](O)[C@@H]1O. The normalized spacial score (nSPS) is 29.5. The van der Waals surface area contributed by atoms with E-state index in [4.69, 9.17) is 20.3 Å². The van der Waals surface area contributed by atoms with E-state index in [-0.39, 0.29) is 23.9 Å². The molecule has 0 spiro atoms. The maximum absolute atomic E-state index is 12.0. The van der Waals surface area contributed by atoms with Crippen LogP contribution in [0.15, 0.2) is 12.7 Å². The highest BCUT2D eigenvalue weighted by Gasteiger charge is 2.60. The summed E-state index contributed by atoms with van der Waals surface area (Å²) < 4.78 is 50.3. The molecular formula is C12H20N5O13P3. The fourth-order valence-corrected chi connectivity index (χ4v) is 6.63. The third-order valence-corrected chi connectivity index (χ3v) is 10.6. The lowest BCUT2D eigenvalue weighted by Gasteiger charge is -2.29. The van der Waals surface area contributed by atoms with Gasteiger partial charge in [-0.05, 0) is 6.92 Å². The molecule has 1 fully saturated rings. The van der Waals surface area contributed by atoms with Crippen molar-refractivity contribution >= 4 is 40.0 Å². The van der Waals surface area contributed by atoms with Gasteiger partial charge in [0.05, 0.1) is 12.9 Å². The number of aliphatic hydroxyl groups excluding tert-OH is 2. The molecular weight excluding hydrogens is 515 g/mol. The molecule has 18 nitrogen and oxygen atoms in total. The molecule has 0 saturated carbocycles. The second-order valence-electron chi connectivity index (χ2n) is 7.01. The molecule has 2 aromatic rings. The van der Waals surface area contributed by atoms with Crippen LogP contribution in [0.2, 0.25) is 0 Å². The van der Waals surface area contributed by atoms with Crippen LogP contribution < -0.4 is 5.73 Å². The lowest BCUT2D eigenvalue weighted by molar-refractivity contribution is -0.0503. The van der Waals surface area contributed by atoms with Crippen molar-refractivity contribution in [1.82, 2.24) is 19.5 Å². The first kappa shape index (κ1) is 26.2. The molecule has 1 aliphatic heterocycles. The van der Waals surface area contributed by atoms with Crippen molar-refractivity contribution in [2.75, 3.05) is 12.3 Å². The van der Waals surface area contributed by atoms with Gasteiger partial charge in [0, 0.05) is 0 Å². The number of aliphatic hydroxyl groups is 3. The van der Waals surface area contributed by atoms with E-state index >= 15 is 0 Å². The van der Waals surface area contributed by atoms with Crippen LogP contribution in [-0.2, 0) is 27.3 Å². The molecule has 3 heterocycles. The van der Waals surface area contributed by atoms with Gasteiger partial charge in [-0.3, -0.25) is 18.2 Å². The number of rotatable bonds is 8. The van der Waals surface area contributed by atoms with Crippen LogP contribution in [0.1, 0.15) is 13.2 Å². The largest absolute Gasteiger partial charge is 0.479 e. The number of phosphoric ester groups is 1. The first-order valence-electron chi connectivity index (χ1n) is 8.73. The fourth-order valence-electron chi connectivity index (χ4n) is 2.73. The minimum absolute atomic E-state index is 0.0321.